The van der Waals surface area contributed by atoms with Crippen LogP contribution < -0.4 is 15.2 Å². The predicted octanol–water partition coefficient (Wildman–Crippen LogP) is 4.32. The Morgan fingerprint density at radius 3 is 2.45 bits per heavy atom. The van der Waals surface area contributed by atoms with Gasteiger partial charge in [0.05, 0.1) is 12.1 Å². The molecule has 3 rings (SSSR count). The van der Waals surface area contributed by atoms with E-state index in [4.69, 9.17) is 33.7 Å². The van der Waals surface area contributed by atoms with Gasteiger partial charge < -0.3 is 10.5 Å². The third-order valence-corrected chi connectivity index (χ3v) is 6.05. The molecule has 0 aliphatic carbocycles. The molecule has 0 radical (unpaired) electrons. The molecule has 1 heterocycles. The molecule has 3 aromatic rings. The predicted molar refractivity (Wildman–Crippen MR) is 113 cm³/mol. The Balaban J connectivity index is 2.08. The lowest BCUT2D eigenvalue weighted by Crippen LogP contribution is -2.15. The van der Waals surface area contributed by atoms with E-state index < -0.39 is 10.0 Å². The van der Waals surface area contributed by atoms with Crippen molar-refractivity contribution in [3.05, 3.63) is 64.1 Å². The number of nitriles is 1. The van der Waals surface area contributed by atoms with Crippen molar-refractivity contribution in [1.29, 1.82) is 5.26 Å². The summed E-state index contributed by atoms with van der Waals surface area (Å²) in [5.74, 6) is 0.449. The van der Waals surface area contributed by atoms with Gasteiger partial charge >= 0.3 is 0 Å². The summed E-state index contributed by atoms with van der Waals surface area (Å²) in [6, 6.07) is 14.4. The highest BCUT2D eigenvalue weighted by Crippen LogP contribution is 2.32. The number of sulfonamides is 1. The number of hydrogen-bond acceptors (Lipinski definition) is 6. The SMILES string of the molecule is COc1ccc(-c2cc(NS(=O)(=O)c3cc(Cl)ccc3Cl)nc(N)c2C#N)cc1. The summed E-state index contributed by atoms with van der Waals surface area (Å²) in [7, 11) is -2.56. The number of ether oxygens (including phenoxy) is 1. The van der Waals surface area contributed by atoms with E-state index in [0.29, 0.717) is 16.9 Å². The van der Waals surface area contributed by atoms with Crippen molar-refractivity contribution in [2.24, 2.45) is 0 Å². The van der Waals surface area contributed by atoms with Crippen LogP contribution in [0.5, 0.6) is 5.75 Å². The quantitative estimate of drug-likeness (QED) is 0.599. The van der Waals surface area contributed by atoms with Gasteiger partial charge in [0.1, 0.15) is 33.9 Å². The minimum atomic E-state index is -4.10. The summed E-state index contributed by atoms with van der Waals surface area (Å²) in [5, 5.41) is 9.67. The summed E-state index contributed by atoms with van der Waals surface area (Å²) >= 11 is 11.9. The van der Waals surface area contributed by atoms with Gasteiger partial charge in [0.25, 0.3) is 10.0 Å². The normalized spacial score (nSPS) is 11.0. The second-order valence-electron chi connectivity index (χ2n) is 5.84. The fourth-order valence-electron chi connectivity index (χ4n) is 2.61. The molecule has 0 saturated heterocycles. The topological polar surface area (TPSA) is 118 Å². The first-order chi connectivity index (χ1) is 13.7. The highest BCUT2D eigenvalue weighted by Gasteiger charge is 2.21. The Labute approximate surface area is 177 Å². The second-order valence-corrected chi connectivity index (χ2v) is 8.33. The number of halogens is 2. The van der Waals surface area contributed by atoms with Crippen molar-refractivity contribution in [3.63, 3.8) is 0 Å². The van der Waals surface area contributed by atoms with E-state index in [-0.39, 0.29) is 32.1 Å². The van der Waals surface area contributed by atoms with Gasteiger partial charge in [-0.2, -0.15) is 5.26 Å². The molecule has 0 saturated carbocycles. The first-order valence-electron chi connectivity index (χ1n) is 8.08. The Bertz CT molecular complexity index is 1220. The van der Waals surface area contributed by atoms with Crippen LogP contribution in [0.3, 0.4) is 0 Å². The number of nitrogens with two attached hydrogens (primary N) is 1. The molecule has 0 atom stereocenters. The van der Waals surface area contributed by atoms with Gasteiger partial charge in [-0.15, -0.1) is 0 Å². The lowest BCUT2D eigenvalue weighted by Gasteiger charge is -2.13. The number of aromatic nitrogens is 1. The van der Waals surface area contributed by atoms with E-state index in [2.05, 4.69) is 9.71 Å². The molecule has 10 heteroatoms. The lowest BCUT2D eigenvalue weighted by atomic mass is 10.0. The Morgan fingerprint density at radius 2 is 1.83 bits per heavy atom. The zero-order valence-corrected chi connectivity index (χ0v) is 17.3. The van der Waals surface area contributed by atoms with Crippen molar-refractivity contribution in [3.8, 4) is 22.9 Å². The van der Waals surface area contributed by atoms with Gasteiger partial charge in [0, 0.05) is 10.6 Å². The first-order valence-corrected chi connectivity index (χ1v) is 10.3. The fraction of sp³-hybridized carbons (Fsp3) is 0.0526. The minimum Gasteiger partial charge on any atom is -0.497 e. The van der Waals surface area contributed by atoms with Crippen LogP contribution in [0.25, 0.3) is 11.1 Å². The van der Waals surface area contributed by atoms with Crippen LogP contribution in [-0.2, 0) is 10.0 Å². The van der Waals surface area contributed by atoms with Crippen LogP contribution >= 0.6 is 23.2 Å². The van der Waals surface area contributed by atoms with E-state index in [1.807, 2.05) is 6.07 Å². The Kier molecular flexibility index (Phi) is 5.84. The summed E-state index contributed by atoms with van der Waals surface area (Å²) in [6.07, 6.45) is 0. The maximum Gasteiger partial charge on any atom is 0.264 e. The summed E-state index contributed by atoms with van der Waals surface area (Å²) < 4.78 is 33.0. The third kappa shape index (κ3) is 4.38. The third-order valence-electron chi connectivity index (χ3n) is 3.98. The molecule has 0 aliphatic rings. The number of methoxy groups -OCH3 is 1. The number of anilines is 2. The molecule has 7 nitrogen and oxygen atoms in total. The smallest absolute Gasteiger partial charge is 0.264 e. The molecular weight excluding hydrogens is 435 g/mol. The summed E-state index contributed by atoms with van der Waals surface area (Å²) in [5.41, 5.74) is 7.07. The molecule has 1 aromatic heterocycles. The van der Waals surface area contributed by atoms with E-state index >= 15 is 0 Å². The zero-order valence-electron chi connectivity index (χ0n) is 15.0. The molecule has 3 N–H and O–H groups in total. The number of nitrogens with zero attached hydrogens (tertiary/aromatic N) is 2. The van der Waals surface area contributed by atoms with E-state index in [1.165, 1.54) is 31.4 Å². The standard InChI is InChI=1S/C19H14Cl2N4O3S/c1-28-13-5-2-11(3-6-13)14-9-18(24-19(23)15(14)10-22)25-29(26,27)17-8-12(20)4-7-16(17)21/h2-9H,1H3,(H3,23,24,25). The number of rotatable bonds is 5. The molecule has 2 aromatic carbocycles. The molecule has 148 valence electrons. The van der Waals surface area contributed by atoms with Crippen LogP contribution in [0.4, 0.5) is 11.6 Å². The van der Waals surface area contributed by atoms with E-state index in [0.717, 1.165) is 0 Å². The molecule has 0 fully saturated rings. The highest BCUT2D eigenvalue weighted by molar-refractivity contribution is 7.92. The van der Waals surface area contributed by atoms with Crippen molar-refractivity contribution < 1.29 is 13.2 Å². The number of nitrogen functional groups attached to an aromatic ring is 1. The Hall–Kier alpha value is -2.99. The molecule has 0 spiro atoms. The van der Waals surface area contributed by atoms with Crippen LogP contribution in [-0.4, -0.2) is 20.5 Å². The summed E-state index contributed by atoms with van der Waals surface area (Å²) in [6.45, 7) is 0. The van der Waals surface area contributed by atoms with Crippen LogP contribution in [0, 0.1) is 11.3 Å². The number of hydrogen-bond donors (Lipinski definition) is 2. The largest absolute Gasteiger partial charge is 0.497 e. The maximum absolute atomic E-state index is 12.8. The summed E-state index contributed by atoms with van der Waals surface area (Å²) in [4.78, 5) is 3.78. The van der Waals surface area contributed by atoms with Gasteiger partial charge in [-0.3, -0.25) is 4.72 Å². The van der Waals surface area contributed by atoms with Gasteiger partial charge in [0.2, 0.25) is 0 Å². The lowest BCUT2D eigenvalue weighted by molar-refractivity contribution is 0.415. The van der Waals surface area contributed by atoms with Crippen molar-refractivity contribution >= 4 is 44.9 Å². The molecule has 0 amide bonds. The molecule has 0 bridgehead atoms. The first kappa shape index (κ1) is 20.7. The van der Waals surface area contributed by atoms with E-state index in [1.54, 1.807) is 24.3 Å². The average molecular weight is 449 g/mol. The van der Waals surface area contributed by atoms with Crippen LogP contribution in [0.15, 0.2) is 53.4 Å². The van der Waals surface area contributed by atoms with Gasteiger partial charge in [-0.1, -0.05) is 35.3 Å². The number of benzene rings is 2. The van der Waals surface area contributed by atoms with Crippen molar-refractivity contribution in [2.75, 3.05) is 17.6 Å². The van der Waals surface area contributed by atoms with Crippen LogP contribution in [0.2, 0.25) is 10.0 Å². The van der Waals surface area contributed by atoms with Crippen molar-refractivity contribution in [2.45, 2.75) is 4.90 Å². The molecule has 0 aliphatic heterocycles. The maximum atomic E-state index is 12.8. The zero-order chi connectivity index (χ0) is 21.2. The minimum absolute atomic E-state index is 0.00102. The average Bonchev–Trinajstić information content (AvgIpc) is 2.69. The van der Waals surface area contributed by atoms with Crippen LogP contribution in [0.1, 0.15) is 5.56 Å². The molecular formula is C19H14Cl2N4O3S. The molecule has 0 unspecified atom stereocenters. The van der Waals surface area contributed by atoms with Crippen molar-refractivity contribution in [1.82, 2.24) is 4.98 Å². The number of nitrogens with one attached hydrogen (secondary N) is 1. The number of pyridine rings is 1. The van der Waals surface area contributed by atoms with Gasteiger partial charge in [-0.25, -0.2) is 13.4 Å². The Morgan fingerprint density at radius 1 is 1.14 bits per heavy atom. The molecule has 29 heavy (non-hydrogen) atoms. The van der Waals surface area contributed by atoms with Gasteiger partial charge in [0.15, 0.2) is 0 Å². The van der Waals surface area contributed by atoms with Gasteiger partial charge in [-0.05, 0) is 42.0 Å². The second kappa shape index (κ2) is 8.17. The monoisotopic (exact) mass is 448 g/mol. The van der Waals surface area contributed by atoms with E-state index in [9.17, 15) is 13.7 Å². The fourth-order valence-corrected chi connectivity index (χ4v) is 4.36. The highest BCUT2D eigenvalue weighted by atomic mass is 35.5.